The van der Waals surface area contributed by atoms with E-state index in [9.17, 15) is 0 Å². The van der Waals surface area contributed by atoms with Crippen molar-refractivity contribution in [3.05, 3.63) is 41.2 Å². The van der Waals surface area contributed by atoms with Gasteiger partial charge in [0.05, 0.1) is 12.5 Å². The largest absolute Gasteiger partial charge is 0.340 e. The van der Waals surface area contributed by atoms with Crippen molar-refractivity contribution in [1.29, 1.82) is 5.26 Å². The van der Waals surface area contributed by atoms with Crippen LogP contribution in [0.15, 0.2) is 24.3 Å². The molecule has 0 aliphatic heterocycles. The lowest BCUT2D eigenvalue weighted by Crippen LogP contribution is -2.13. The Hall–Kier alpha value is -2.65. The highest BCUT2D eigenvalue weighted by Crippen LogP contribution is 2.23. The fraction of sp³-hybridized carbons (Fsp3) is 0.267. The van der Waals surface area contributed by atoms with Gasteiger partial charge >= 0.3 is 0 Å². The van der Waals surface area contributed by atoms with E-state index in [-0.39, 0.29) is 0 Å². The molecular formula is C15H18N6. The van der Waals surface area contributed by atoms with Crippen LogP contribution in [0.2, 0.25) is 0 Å². The fourth-order valence-electron chi connectivity index (χ4n) is 1.92. The molecule has 0 radical (unpaired) electrons. The quantitative estimate of drug-likeness (QED) is 0.575. The van der Waals surface area contributed by atoms with Crippen LogP contribution in [0.5, 0.6) is 0 Å². The first-order valence-electron chi connectivity index (χ1n) is 6.75. The molecule has 1 aromatic carbocycles. The Morgan fingerprint density at radius 3 is 2.43 bits per heavy atom. The predicted molar refractivity (Wildman–Crippen MR) is 83.0 cm³/mol. The van der Waals surface area contributed by atoms with Crippen molar-refractivity contribution in [1.82, 2.24) is 9.97 Å². The fourth-order valence-corrected chi connectivity index (χ4v) is 1.92. The number of aryl methyl sites for hydroxylation is 1. The summed E-state index contributed by atoms with van der Waals surface area (Å²) in [6, 6.07) is 9.82. The highest BCUT2D eigenvalue weighted by atomic mass is 15.3. The number of nitrogen functional groups attached to an aromatic ring is 1. The zero-order valence-electron chi connectivity index (χ0n) is 12.1. The molecule has 1 aromatic heterocycles. The summed E-state index contributed by atoms with van der Waals surface area (Å²) in [5.74, 6) is 7.55. The normalized spacial score (nSPS) is 10.0. The molecule has 0 fully saturated rings. The molecule has 0 aliphatic rings. The Morgan fingerprint density at radius 2 is 1.86 bits per heavy atom. The van der Waals surface area contributed by atoms with Crippen molar-refractivity contribution in [3.63, 3.8) is 0 Å². The van der Waals surface area contributed by atoms with Crippen LogP contribution < -0.4 is 16.6 Å². The van der Waals surface area contributed by atoms with Crippen LogP contribution in [0.25, 0.3) is 0 Å². The molecule has 2 aromatic rings. The van der Waals surface area contributed by atoms with Crippen molar-refractivity contribution < 1.29 is 0 Å². The Morgan fingerprint density at radius 1 is 1.19 bits per heavy atom. The summed E-state index contributed by atoms with van der Waals surface area (Å²) in [6.45, 7) is 3.90. The molecule has 0 saturated heterocycles. The van der Waals surface area contributed by atoms with Gasteiger partial charge in [-0.05, 0) is 24.6 Å². The monoisotopic (exact) mass is 282 g/mol. The summed E-state index contributed by atoms with van der Waals surface area (Å²) in [5, 5.41) is 11.9. The first kappa shape index (κ1) is 14.8. The first-order valence-corrected chi connectivity index (χ1v) is 6.75. The van der Waals surface area contributed by atoms with E-state index in [4.69, 9.17) is 11.1 Å². The summed E-state index contributed by atoms with van der Waals surface area (Å²) in [6.07, 6.45) is 1.14. The molecule has 4 N–H and O–H groups in total. The molecule has 0 amide bonds. The number of nitriles is 1. The second-order valence-corrected chi connectivity index (χ2v) is 4.62. The van der Waals surface area contributed by atoms with E-state index in [1.165, 1.54) is 0 Å². The van der Waals surface area contributed by atoms with Crippen LogP contribution in [0.3, 0.4) is 0 Å². The maximum Gasteiger partial charge on any atom is 0.148 e. The molecular weight excluding hydrogens is 264 g/mol. The zero-order valence-corrected chi connectivity index (χ0v) is 12.1. The third-order valence-corrected chi connectivity index (χ3v) is 3.14. The Balaban J connectivity index is 2.28. The minimum absolute atomic E-state index is 0.411. The Kier molecular flexibility index (Phi) is 4.69. The van der Waals surface area contributed by atoms with Gasteiger partial charge < -0.3 is 10.7 Å². The van der Waals surface area contributed by atoms with Gasteiger partial charge in [0.1, 0.15) is 17.5 Å². The third kappa shape index (κ3) is 3.46. The van der Waals surface area contributed by atoms with Crippen LogP contribution in [0, 0.1) is 18.3 Å². The molecule has 21 heavy (non-hydrogen) atoms. The van der Waals surface area contributed by atoms with Crippen LogP contribution >= 0.6 is 0 Å². The van der Waals surface area contributed by atoms with Crippen molar-refractivity contribution in [2.24, 2.45) is 5.84 Å². The minimum atomic E-state index is 0.411. The van der Waals surface area contributed by atoms with Gasteiger partial charge in [0.25, 0.3) is 0 Å². The van der Waals surface area contributed by atoms with E-state index < -0.39 is 0 Å². The number of aromatic nitrogens is 2. The van der Waals surface area contributed by atoms with E-state index in [0.717, 1.165) is 34.9 Å². The predicted octanol–water partition coefficient (Wildman–Crippen LogP) is 2.44. The van der Waals surface area contributed by atoms with Crippen LogP contribution in [0.1, 0.15) is 23.9 Å². The molecule has 0 atom stereocenters. The number of hydrogen-bond acceptors (Lipinski definition) is 6. The number of benzene rings is 1. The number of nitrogens with two attached hydrogens (primary N) is 1. The van der Waals surface area contributed by atoms with Crippen molar-refractivity contribution in [3.8, 4) is 6.07 Å². The van der Waals surface area contributed by atoms with Gasteiger partial charge in [-0.15, -0.1) is 0 Å². The maximum absolute atomic E-state index is 8.67. The molecule has 0 aliphatic carbocycles. The molecule has 6 heteroatoms. The second kappa shape index (κ2) is 6.68. The maximum atomic E-state index is 8.67. The smallest absolute Gasteiger partial charge is 0.148 e. The molecule has 1 heterocycles. The average Bonchev–Trinajstić information content (AvgIpc) is 2.51. The van der Waals surface area contributed by atoms with Gasteiger partial charge in [0.15, 0.2) is 0 Å². The average molecular weight is 282 g/mol. The summed E-state index contributed by atoms with van der Waals surface area (Å²) < 4.78 is 0. The van der Waals surface area contributed by atoms with Gasteiger partial charge in [-0.2, -0.15) is 5.26 Å². The van der Waals surface area contributed by atoms with Gasteiger partial charge in [-0.1, -0.05) is 19.1 Å². The number of hydrazine groups is 1. The molecule has 0 unspecified atom stereocenters. The second-order valence-electron chi connectivity index (χ2n) is 4.62. The number of nitrogens with one attached hydrogen (secondary N) is 2. The van der Waals surface area contributed by atoms with E-state index in [0.29, 0.717) is 12.2 Å². The van der Waals surface area contributed by atoms with E-state index in [2.05, 4.69) is 26.8 Å². The Labute approximate surface area is 124 Å². The van der Waals surface area contributed by atoms with Crippen molar-refractivity contribution in [2.75, 3.05) is 10.7 Å². The highest BCUT2D eigenvalue weighted by molar-refractivity contribution is 5.64. The number of hydrogen-bond donors (Lipinski definition) is 3. The first-order chi connectivity index (χ1) is 10.2. The number of anilines is 3. The Bertz CT molecular complexity index is 657. The standard InChI is InChI=1S/C15H18N6/c1-3-13-19-14(10(2)15(20-13)21-17)18-12-6-4-11(5-7-12)8-9-16/h4-7H,3,8,17H2,1-2H3,(H2,18,19,20,21). The van der Waals surface area contributed by atoms with Gasteiger partial charge in [-0.3, -0.25) is 0 Å². The van der Waals surface area contributed by atoms with E-state index in [1.54, 1.807) is 0 Å². The summed E-state index contributed by atoms with van der Waals surface area (Å²) in [4.78, 5) is 8.81. The molecule has 0 bridgehead atoms. The molecule has 2 rings (SSSR count). The third-order valence-electron chi connectivity index (χ3n) is 3.14. The minimum Gasteiger partial charge on any atom is -0.340 e. The van der Waals surface area contributed by atoms with Crippen LogP contribution in [0.4, 0.5) is 17.3 Å². The number of rotatable bonds is 5. The molecule has 108 valence electrons. The molecule has 6 nitrogen and oxygen atoms in total. The van der Waals surface area contributed by atoms with Gasteiger partial charge in [0, 0.05) is 17.7 Å². The molecule has 0 saturated carbocycles. The lowest BCUT2D eigenvalue weighted by molar-refractivity contribution is 0.932. The van der Waals surface area contributed by atoms with Crippen molar-refractivity contribution in [2.45, 2.75) is 26.7 Å². The van der Waals surface area contributed by atoms with Crippen LogP contribution in [-0.4, -0.2) is 9.97 Å². The zero-order chi connectivity index (χ0) is 15.2. The summed E-state index contributed by atoms with van der Waals surface area (Å²) in [7, 11) is 0. The molecule has 0 spiro atoms. The van der Waals surface area contributed by atoms with Gasteiger partial charge in [-0.25, -0.2) is 15.8 Å². The lowest BCUT2D eigenvalue weighted by Gasteiger charge is -2.13. The topological polar surface area (TPSA) is 99.6 Å². The summed E-state index contributed by atoms with van der Waals surface area (Å²) in [5.41, 5.74) is 5.35. The SMILES string of the molecule is CCc1nc(NN)c(C)c(Nc2ccc(CC#N)cc2)n1. The summed E-state index contributed by atoms with van der Waals surface area (Å²) >= 11 is 0. The van der Waals surface area contributed by atoms with Gasteiger partial charge in [0.2, 0.25) is 0 Å². The van der Waals surface area contributed by atoms with E-state index in [1.807, 2.05) is 38.1 Å². The van der Waals surface area contributed by atoms with Crippen LogP contribution in [-0.2, 0) is 12.8 Å². The van der Waals surface area contributed by atoms with Crippen molar-refractivity contribution >= 4 is 17.3 Å². The van der Waals surface area contributed by atoms with E-state index >= 15 is 0 Å². The lowest BCUT2D eigenvalue weighted by atomic mass is 10.1. The highest BCUT2D eigenvalue weighted by Gasteiger charge is 2.09. The number of nitrogens with zero attached hydrogens (tertiary/aromatic N) is 3.